The molecule has 8 nitrogen and oxygen atoms in total. The third kappa shape index (κ3) is 5.88. The van der Waals surface area contributed by atoms with E-state index >= 15 is 0 Å². The van der Waals surface area contributed by atoms with Gasteiger partial charge in [0, 0.05) is 10.7 Å². The Morgan fingerprint density at radius 2 is 1.97 bits per heavy atom. The van der Waals surface area contributed by atoms with E-state index in [0.29, 0.717) is 49.5 Å². The SMILES string of the molecule is COc1cc(/C=C2\SC(=S)N(Cc3ccc4c(c3)OCO4)C2=O)ccc1OCC(=O)Nc1cccc(Cl)c1. The fraction of sp³-hybridized carbons (Fsp3) is 0.148. The van der Waals surface area contributed by atoms with Gasteiger partial charge >= 0.3 is 0 Å². The molecule has 1 fully saturated rings. The van der Waals surface area contributed by atoms with Crippen LogP contribution in [0, 0.1) is 0 Å². The number of carbonyl (C=O) groups is 2. The van der Waals surface area contributed by atoms with Gasteiger partial charge in [0.25, 0.3) is 11.8 Å². The number of methoxy groups -OCH3 is 1. The Bertz CT molecular complexity index is 1460. The van der Waals surface area contributed by atoms with Crippen molar-refractivity contribution in [3.63, 3.8) is 0 Å². The molecule has 11 heteroatoms. The molecule has 0 saturated carbocycles. The largest absolute Gasteiger partial charge is 0.493 e. The number of nitrogens with zero attached hydrogens (tertiary/aromatic N) is 1. The molecular formula is C27H21ClN2O6S2. The molecule has 194 valence electrons. The van der Waals surface area contributed by atoms with Crippen LogP contribution in [0.4, 0.5) is 5.69 Å². The van der Waals surface area contributed by atoms with Crippen LogP contribution in [0.1, 0.15) is 11.1 Å². The van der Waals surface area contributed by atoms with Gasteiger partial charge in [-0.25, -0.2) is 0 Å². The highest BCUT2D eigenvalue weighted by molar-refractivity contribution is 8.26. The van der Waals surface area contributed by atoms with E-state index in [0.717, 1.165) is 11.1 Å². The van der Waals surface area contributed by atoms with E-state index in [1.165, 1.54) is 18.9 Å². The molecule has 1 saturated heterocycles. The molecule has 0 bridgehead atoms. The summed E-state index contributed by atoms with van der Waals surface area (Å²) in [4.78, 5) is 27.4. The molecule has 0 spiro atoms. The first-order chi connectivity index (χ1) is 18.4. The summed E-state index contributed by atoms with van der Waals surface area (Å²) < 4.78 is 22.3. The molecule has 0 atom stereocenters. The number of hydrogen-bond donors (Lipinski definition) is 1. The van der Waals surface area contributed by atoms with Crippen LogP contribution in [-0.4, -0.2) is 41.5 Å². The molecule has 0 radical (unpaired) electrons. The van der Waals surface area contributed by atoms with E-state index in [9.17, 15) is 9.59 Å². The lowest BCUT2D eigenvalue weighted by Crippen LogP contribution is -2.27. The zero-order valence-electron chi connectivity index (χ0n) is 20.1. The van der Waals surface area contributed by atoms with Gasteiger partial charge in [-0.3, -0.25) is 14.5 Å². The van der Waals surface area contributed by atoms with Gasteiger partial charge in [0.05, 0.1) is 18.6 Å². The van der Waals surface area contributed by atoms with Crippen molar-refractivity contribution in [1.29, 1.82) is 0 Å². The fourth-order valence-corrected chi connectivity index (χ4v) is 5.25. The smallest absolute Gasteiger partial charge is 0.266 e. The number of hydrogen-bond acceptors (Lipinski definition) is 8. The van der Waals surface area contributed by atoms with Gasteiger partial charge in [-0.2, -0.15) is 0 Å². The standard InChI is InChI=1S/C27H21ClN2O6S2/c1-33-22-9-16(5-7-20(22)34-14-25(31)29-19-4-2-3-18(28)12-19)11-24-26(32)30(27(37)38-24)13-17-6-8-21-23(10-17)36-15-35-21/h2-12H,13-15H2,1H3,(H,29,31)/b24-11-. The highest BCUT2D eigenvalue weighted by Gasteiger charge is 2.32. The topological polar surface area (TPSA) is 86.3 Å². The first kappa shape index (κ1) is 25.9. The molecule has 2 amide bonds. The second-order valence-corrected chi connectivity index (χ2v) is 10.3. The van der Waals surface area contributed by atoms with Crippen LogP contribution in [-0.2, 0) is 16.1 Å². The molecule has 0 unspecified atom stereocenters. The van der Waals surface area contributed by atoms with E-state index in [1.54, 1.807) is 53.4 Å². The van der Waals surface area contributed by atoms with Crippen molar-refractivity contribution < 1.29 is 28.5 Å². The molecule has 38 heavy (non-hydrogen) atoms. The Balaban J connectivity index is 1.24. The van der Waals surface area contributed by atoms with E-state index in [-0.39, 0.29) is 25.2 Å². The monoisotopic (exact) mass is 568 g/mol. The minimum atomic E-state index is -0.343. The van der Waals surface area contributed by atoms with Crippen LogP contribution in [0.15, 0.2) is 65.6 Å². The molecular weight excluding hydrogens is 548 g/mol. The molecule has 5 rings (SSSR count). The molecule has 3 aromatic rings. The lowest BCUT2D eigenvalue weighted by molar-refractivity contribution is -0.122. The number of rotatable bonds is 8. The number of thioether (sulfide) groups is 1. The molecule has 0 aliphatic carbocycles. The minimum absolute atomic E-state index is 0.186. The van der Waals surface area contributed by atoms with Crippen molar-refractivity contribution in [2.45, 2.75) is 6.54 Å². The van der Waals surface area contributed by atoms with Gasteiger partial charge in [-0.15, -0.1) is 0 Å². The number of nitrogens with one attached hydrogen (secondary N) is 1. The molecule has 1 N–H and O–H groups in total. The summed E-state index contributed by atoms with van der Waals surface area (Å²) in [5.74, 6) is 1.62. The van der Waals surface area contributed by atoms with E-state index in [4.69, 9.17) is 42.8 Å². The van der Waals surface area contributed by atoms with E-state index in [1.807, 2.05) is 18.2 Å². The summed E-state index contributed by atoms with van der Waals surface area (Å²) >= 11 is 12.7. The van der Waals surface area contributed by atoms with Crippen LogP contribution in [0.2, 0.25) is 5.02 Å². The quantitative estimate of drug-likeness (QED) is 0.282. The van der Waals surface area contributed by atoms with Gasteiger partial charge in [-0.1, -0.05) is 53.8 Å². The third-order valence-corrected chi connectivity index (χ3v) is 7.22. The Morgan fingerprint density at radius 3 is 2.79 bits per heavy atom. The maximum absolute atomic E-state index is 13.1. The molecule has 2 heterocycles. The second-order valence-electron chi connectivity index (χ2n) is 8.21. The van der Waals surface area contributed by atoms with Crippen molar-refractivity contribution in [3.8, 4) is 23.0 Å². The van der Waals surface area contributed by atoms with Gasteiger partial charge in [0.1, 0.15) is 4.32 Å². The highest BCUT2D eigenvalue weighted by Crippen LogP contribution is 2.37. The maximum Gasteiger partial charge on any atom is 0.266 e. The van der Waals surface area contributed by atoms with Gasteiger partial charge in [-0.05, 0) is 59.7 Å². The van der Waals surface area contributed by atoms with Crippen molar-refractivity contribution in [2.75, 3.05) is 25.8 Å². The normalized spacial score (nSPS) is 15.2. The number of amides is 2. The number of anilines is 1. The van der Waals surface area contributed by atoms with Crippen molar-refractivity contribution in [1.82, 2.24) is 4.90 Å². The van der Waals surface area contributed by atoms with Crippen molar-refractivity contribution in [3.05, 3.63) is 81.7 Å². The summed E-state index contributed by atoms with van der Waals surface area (Å²) in [7, 11) is 1.50. The minimum Gasteiger partial charge on any atom is -0.493 e. The average molecular weight is 569 g/mol. The van der Waals surface area contributed by atoms with E-state index in [2.05, 4.69) is 5.32 Å². The lowest BCUT2D eigenvalue weighted by atomic mass is 10.1. The number of thiocarbonyl (C=S) groups is 1. The van der Waals surface area contributed by atoms with Crippen LogP contribution in [0.5, 0.6) is 23.0 Å². The molecule has 2 aliphatic rings. The van der Waals surface area contributed by atoms with Crippen molar-refractivity contribution in [2.24, 2.45) is 0 Å². The highest BCUT2D eigenvalue weighted by atomic mass is 35.5. The summed E-state index contributed by atoms with van der Waals surface area (Å²) in [6.07, 6.45) is 1.75. The first-order valence-corrected chi connectivity index (χ1v) is 13.0. The second kappa shape index (κ2) is 11.3. The molecule has 3 aromatic carbocycles. The Hall–Kier alpha value is -3.73. The van der Waals surface area contributed by atoms with Crippen LogP contribution in [0.3, 0.4) is 0 Å². The zero-order chi connectivity index (χ0) is 26.6. The van der Waals surface area contributed by atoms with Gasteiger partial charge in [0.2, 0.25) is 6.79 Å². The summed E-state index contributed by atoms with van der Waals surface area (Å²) in [6, 6.07) is 17.6. The number of ether oxygens (including phenoxy) is 4. The predicted molar refractivity (Wildman–Crippen MR) is 150 cm³/mol. The zero-order valence-corrected chi connectivity index (χ0v) is 22.5. The van der Waals surface area contributed by atoms with Crippen molar-refractivity contribution >= 4 is 63.5 Å². The molecule has 2 aliphatic heterocycles. The maximum atomic E-state index is 13.1. The van der Waals surface area contributed by atoms with Crippen LogP contribution >= 0.6 is 35.6 Å². The Labute approximate surface area is 233 Å². The Kier molecular flexibility index (Phi) is 7.73. The van der Waals surface area contributed by atoms with Crippen LogP contribution < -0.4 is 24.3 Å². The number of benzene rings is 3. The summed E-state index contributed by atoms with van der Waals surface area (Å²) in [6.45, 7) is 0.290. The van der Waals surface area contributed by atoms with E-state index < -0.39 is 0 Å². The van der Waals surface area contributed by atoms with Gasteiger partial charge in [0.15, 0.2) is 29.6 Å². The Morgan fingerprint density at radius 1 is 1.13 bits per heavy atom. The molecule has 0 aromatic heterocycles. The summed E-state index contributed by atoms with van der Waals surface area (Å²) in [5.41, 5.74) is 2.18. The average Bonchev–Trinajstić information content (AvgIpc) is 3.47. The first-order valence-electron chi connectivity index (χ1n) is 11.4. The van der Waals surface area contributed by atoms with Crippen LogP contribution in [0.25, 0.3) is 6.08 Å². The third-order valence-electron chi connectivity index (χ3n) is 5.60. The lowest BCUT2D eigenvalue weighted by Gasteiger charge is -2.14. The predicted octanol–water partition coefficient (Wildman–Crippen LogP) is 5.50. The fourth-order valence-electron chi connectivity index (χ4n) is 3.81. The summed E-state index contributed by atoms with van der Waals surface area (Å²) in [5, 5.41) is 3.24. The van der Waals surface area contributed by atoms with Gasteiger partial charge < -0.3 is 24.3 Å². The number of halogens is 1. The number of fused-ring (bicyclic) bond motifs is 1. The number of carbonyl (C=O) groups excluding carboxylic acids is 2.